The van der Waals surface area contributed by atoms with Gasteiger partial charge in [0.25, 0.3) is 5.89 Å². The highest BCUT2D eigenvalue weighted by Crippen LogP contribution is 2.30. The molecule has 0 radical (unpaired) electrons. The van der Waals surface area contributed by atoms with Crippen molar-refractivity contribution in [1.29, 1.82) is 0 Å². The molecule has 0 aliphatic heterocycles. The number of hydrogen-bond acceptors (Lipinski definition) is 5. The van der Waals surface area contributed by atoms with Crippen LogP contribution in [0.2, 0.25) is 0 Å². The fourth-order valence-corrected chi connectivity index (χ4v) is 2.45. The molecule has 6 heteroatoms. The van der Waals surface area contributed by atoms with Crippen LogP contribution in [0.1, 0.15) is 17.0 Å². The molecule has 24 heavy (non-hydrogen) atoms. The third-order valence-corrected chi connectivity index (χ3v) is 3.78. The zero-order chi connectivity index (χ0) is 17.1. The number of ether oxygens (including phenoxy) is 1. The average molecular weight is 343 g/mol. The number of aromatic hydroxyl groups is 1. The van der Waals surface area contributed by atoms with Crippen LogP contribution >= 0.6 is 11.6 Å². The van der Waals surface area contributed by atoms with Crippen molar-refractivity contribution in [3.63, 3.8) is 0 Å². The van der Waals surface area contributed by atoms with Crippen molar-refractivity contribution in [2.75, 3.05) is 7.11 Å². The molecule has 3 aromatic rings. The van der Waals surface area contributed by atoms with Gasteiger partial charge < -0.3 is 14.4 Å². The first-order valence-electron chi connectivity index (χ1n) is 7.23. The van der Waals surface area contributed by atoms with E-state index in [0.717, 1.165) is 16.7 Å². The van der Waals surface area contributed by atoms with Gasteiger partial charge in [0.15, 0.2) is 11.5 Å². The maximum atomic E-state index is 9.62. The Kier molecular flexibility index (Phi) is 4.53. The standard InChI is InChI=1S/C18H15ClN2O3/c1-11-5-3-4-6-13(11)17-20-18(24-21-17)14(19)9-12-7-8-15(22)16(10-12)23-2/h3-10,22H,1-2H3/b14-9-. The molecule has 0 atom stereocenters. The molecule has 0 bridgehead atoms. The lowest BCUT2D eigenvalue weighted by atomic mass is 10.1. The van der Waals surface area contributed by atoms with E-state index in [1.807, 2.05) is 31.2 Å². The fraction of sp³-hybridized carbons (Fsp3) is 0.111. The van der Waals surface area contributed by atoms with Gasteiger partial charge in [0.05, 0.1) is 7.11 Å². The van der Waals surface area contributed by atoms with E-state index in [2.05, 4.69) is 10.1 Å². The molecule has 0 aliphatic carbocycles. The molecule has 0 unspecified atom stereocenters. The molecule has 0 saturated carbocycles. The number of phenols is 1. The maximum absolute atomic E-state index is 9.62. The van der Waals surface area contributed by atoms with Crippen molar-refractivity contribution in [1.82, 2.24) is 10.1 Å². The molecule has 0 fully saturated rings. The second-order valence-corrected chi connectivity index (χ2v) is 5.57. The Morgan fingerprint density at radius 3 is 2.79 bits per heavy atom. The monoisotopic (exact) mass is 342 g/mol. The van der Waals surface area contributed by atoms with Crippen LogP contribution in [0.15, 0.2) is 47.0 Å². The molecule has 0 spiro atoms. The van der Waals surface area contributed by atoms with Gasteiger partial charge >= 0.3 is 0 Å². The summed E-state index contributed by atoms with van der Waals surface area (Å²) < 4.78 is 10.3. The van der Waals surface area contributed by atoms with Crippen LogP contribution in [-0.2, 0) is 0 Å². The predicted octanol–water partition coefficient (Wildman–Crippen LogP) is 4.50. The lowest BCUT2D eigenvalue weighted by molar-refractivity contribution is 0.373. The molecule has 0 amide bonds. The van der Waals surface area contributed by atoms with Gasteiger partial charge in [0.2, 0.25) is 5.82 Å². The van der Waals surface area contributed by atoms with Gasteiger partial charge in [-0.1, -0.05) is 47.1 Å². The largest absolute Gasteiger partial charge is 0.504 e. The van der Waals surface area contributed by atoms with Gasteiger partial charge in [-0.3, -0.25) is 0 Å². The van der Waals surface area contributed by atoms with E-state index in [4.69, 9.17) is 20.9 Å². The topological polar surface area (TPSA) is 68.4 Å². The number of hydrogen-bond donors (Lipinski definition) is 1. The fourth-order valence-electron chi connectivity index (χ4n) is 2.25. The van der Waals surface area contributed by atoms with Gasteiger partial charge in [-0.2, -0.15) is 4.98 Å². The van der Waals surface area contributed by atoms with E-state index in [9.17, 15) is 5.11 Å². The number of benzene rings is 2. The van der Waals surface area contributed by atoms with Gasteiger partial charge in [0, 0.05) is 5.56 Å². The SMILES string of the molecule is COc1cc(/C=C(\Cl)c2nc(-c3ccccc3C)no2)ccc1O. The Morgan fingerprint density at radius 2 is 2.04 bits per heavy atom. The van der Waals surface area contributed by atoms with E-state index in [1.165, 1.54) is 13.2 Å². The van der Waals surface area contributed by atoms with Crippen LogP contribution in [0.3, 0.4) is 0 Å². The third kappa shape index (κ3) is 3.26. The minimum absolute atomic E-state index is 0.0606. The second-order valence-electron chi connectivity index (χ2n) is 5.16. The summed E-state index contributed by atoms with van der Waals surface area (Å²) >= 11 is 6.28. The highest BCUT2D eigenvalue weighted by molar-refractivity contribution is 6.50. The molecule has 1 aromatic heterocycles. The average Bonchev–Trinajstić information content (AvgIpc) is 3.07. The number of phenolic OH excluding ortho intramolecular Hbond substituents is 1. The summed E-state index contributed by atoms with van der Waals surface area (Å²) in [5.74, 6) is 1.13. The Morgan fingerprint density at radius 1 is 1.25 bits per heavy atom. The molecule has 3 rings (SSSR count). The minimum Gasteiger partial charge on any atom is -0.504 e. The van der Waals surface area contributed by atoms with Crippen molar-refractivity contribution in [2.24, 2.45) is 0 Å². The van der Waals surface area contributed by atoms with Gasteiger partial charge in [0.1, 0.15) is 5.03 Å². The Balaban J connectivity index is 1.91. The highest BCUT2D eigenvalue weighted by Gasteiger charge is 2.13. The van der Waals surface area contributed by atoms with Crippen molar-refractivity contribution < 1.29 is 14.4 Å². The number of rotatable bonds is 4. The summed E-state index contributed by atoms with van der Waals surface area (Å²) in [6, 6.07) is 12.7. The van der Waals surface area contributed by atoms with Crippen LogP contribution in [0, 0.1) is 6.92 Å². The Hall–Kier alpha value is -2.79. The summed E-state index contributed by atoms with van der Waals surface area (Å²) in [7, 11) is 1.48. The molecule has 1 heterocycles. The second kappa shape index (κ2) is 6.76. The first-order valence-corrected chi connectivity index (χ1v) is 7.60. The summed E-state index contributed by atoms with van der Waals surface area (Å²) in [5, 5.41) is 13.9. The summed E-state index contributed by atoms with van der Waals surface area (Å²) in [6.45, 7) is 1.98. The van der Waals surface area contributed by atoms with E-state index < -0.39 is 0 Å². The normalized spacial score (nSPS) is 11.5. The molecular weight excluding hydrogens is 328 g/mol. The summed E-state index contributed by atoms with van der Waals surface area (Å²) in [4.78, 5) is 4.34. The lowest BCUT2D eigenvalue weighted by Crippen LogP contribution is -1.86. The molecule has 0 saturated heterocycles. The first-order chi connectivity index (χ1) is 11.6. The van der Waals surface area contributed by atoms with Crippen LogP contribution in [0.5, 0.6) is 11.5 Å². The number of aryl methyl sites for hydroxylation is 1. The van der Waals surface area contributed by atoms with Crippen molar-refractivity contribution in [2.45, 2.75) is 6.92 Å². The quantitative estimate of drug-likeness (QED) is 0.756. The Bertz CT molecular complexity index is 903. The molecule has 5 nitrogen and oxygen atoms in total. The first kappa shape index (κ1) is 16.1. The molecule has 2 aromatic carbocycles. The Labute approximate surface area is 144 Å². The van der Waals surface area contributed by atoms with Crippen LogP contribution < -0.4 is 4.74 Å². The molecule has 1 N–H and O–H groups in total. The van der Waals surface area contributed by atoms with Crippen LogP contribution in [0.25, 0.3) is 22.5 Å². The van der Waals surface area contributed by atoms with E-state index in [1.54, 1.807) is 18.2 Å². The summed E-state index contributed by atoms with van der Waals surface area (Å²) in [5.41, 5.74) is 2.68. The third-order valence-electron chi connectivity index (χ3n) is 3.51. The number of halogens is 1. The van der Waals surface area contributed by atoms with Gasteiger partial charge in [-0.05, 0) is 36.3 Å². The van der Waals surface area contributed by atoms with Crippen molar-refractivity contribution in [3.05, 3.63) is 59.5 Å². The van der Waals surface area contributed by atoms with Crippen molar-refractivity contribution >= 4 is 22.7 Å². The molecule has 122 valence electrons. The summed E-state index contributed by atoms with van der Waals surface area (Å²) in [6.07, 6.45) is 1.67. The molecular formula is C18H15ClN2O3. The minimum atomic E-state index is 0.0606. The number of nitrogens with zero attached hydrogens (tertiary/aromatic N) is 2. The predicted molar refractivity (Wildman–Crippen MR) is 92.9 cm³/mol. The van der Waals surface area contributed by atoms with E-state index in [0.29, 0.717) is 16.6 Å². The number of methoxy groups -OCH3 is 1. The number of aromatic nitrogens is 2. The zero-order valence-electron chi connectivity index (χ0n) is 13.2. The van der Waals surface area contributed by atoms with Crippen molar-refractivity contribution in [3.8, 4) is 22.9 Å². The maximum Gasteiger partial charge on any atom is 0.269 e. The highest BCUT2D eigenvalue weighted by atomic mass is 35.5. The van der Waals surface area contributed by atoms with E-state index >= 15 is 0 Å². The zero-order valence-corrected chi connectivity index (χ0v) is 13.9. The van der Waals surface area contributed by atoms with Gasteiger partial charge in [-0.25, -0.2) is 0 Å². The molecule has 0 aliphatic rings. The lowest BCUT2D eigenvalue weighted by Gasteiger charge is -2.03. The van der Waals surface area contributed by atoms with Crippen LogP contribution in [-0.4, -0.2) is 22.4 Å². The van der Waals surface area contributed by atoms with Gasteiger partial charge in [-0.15, -0.1) is 0 Å². The smallest absolute Gasteiger partial charge is 0.269 e. The van der Waals surface area contributed by atoms with Crippen LogP contribution in [0.4, 0.5) is 0 Å². The van der Waals surface area contributed by atoms with E-state index in [-0.39, 0.29) is 11.6 Å².